The van der Waals surface area contributed by atoms with Crippen LogP contribution in [0.1, 0.15) is 62.8 Å². The van der Waals surface area contributed by atoms with Crippen molar-refractivity contribution in [2.45, 2.75) is 77.5 Å². The van der Waals surface area contributed by atoms with Crippen LogP contribution in [0, 0.1) is 11.3 Å². The average Bonchev–Trinajstić information content (AvgIpc) is 3.32. The van der Waals surface area contributed by atoms with Gasteiger partial charge in [-0.15, -0.1) is 11.3 Å². The molecule has 1 aliphatic carbocycles. The minimum Gasteiger partial charge on any atom is -0.390 e. The third kappa shape index (κ3) is 6.05. The number of fused-ring (bicyclic) bond motifs is 1. The van der Waals surface area contributed by atoms with Crippen molar-refractivity contribution in [1.82, 2.24) is 14.9 Å². The molecular formula is C28H37N3O4S. The first-order valence-corrected chi connectivity index (χ1v) is 13.7. The van der Waals surface area contributed by atoms with Crippen LogP contribution in [0.15, 0.2) is 47.5 Å². The Bertz CT molecular complexity index is 1240. The number of benzene rings is 1. The molecule has 0 radical (unpaired) electrons. The summed E-state index contributed by atoms with van der Waals surface area (Å²) in [5, 5.41) is 25.4. The average molecular weight is 512 g/mol. The van der Waals surface area contributed by atoms with Gasteiger partial charge in [-0.3, -0.25) is 14.2 Å². The van der Waals surface area contributed by atoms with Crippen molar-refractivity contribution in [2.24, 2.45) is 11.3 Å². The van der Waals surface area contributed by atoms with Gasteiger partial charge in [-0.1, -0.05) is 57.5 Å². The highest BCUT2D eigenvalue weighted by molar-refractivity contribution is 7.18. The lowest BCUT2D eigenvalue weighted by atomic mass is 9.73. The molecule has 8 heteroatoms. The van der Waals surface area contributed by atoms with E-state index < -0.39 is 12.2 Å². The van der Waals surface area contributed by atoms with E-state index in [0.29, 0.717) is 29.6 Å². The first-order chi connectivity index (χ1) is 17.2. The highest BCUT2D eigenvalue weighted by Crippen LogP contribution is 2.41. The fourth-order valence-corrected chi connectivity index (χ4v) is 6.21. The molecule has 0 spiro atoms. The van der Waals surface area contributed by atoms with Crippen LogP contribution >= 0.6 is 11.3 Å². The number of aromatic nitrogens is 2. The van der Waals surface area contributed by atoms with Gasteiger partial charge in [0.1, 0.15) is 11.4 Å². The largest absolute Gasteiger partial charge is 0.390 e. The number of hydrogen-bond acceptors (Lipinski definition) is 6. The number of rotatable bonds is 6. The van der Waals surface area contributed by atoms with Crippen molar-refractivity contribution in [3.63, 3.8) is 0 Å². The molecule has 0 saturated heterocycles. The zero-order valence-electron chi connectivity index (χ0n) is 21.3. The second-order valence-electron chi connectivity index (χ2n) is 10.7. The van der Waals surface area contributed by atoms with Gasteiger partial charge in [-0.25, -0.2) is 4.98 Å². The van der Waals surface area contributed by atoms with E-state index in [2.05, 4.69) is 24.1 Å². The molecule has 7 nitrogen and oxygen atoms in total. The molecule has 3 N–H and O–H groups in total. The second-order valence-corrected chi connectivity index (χ2v) is 11.8. The van der Waals surface area contributed by atoms with Crippen molar-refractivity contribution in [1.29, 1.82) is 0 Å². The highest BCUT2D eigenvalue weighted by Gasteiger charge is 2.37. The monoisotopic (exact) mass is 511 g/mol. The summed E-state index contributed by atoms with van der Waals surface area (Å²) in [6, 6.07) is 11.7. The third-order valence-corrected chi connectivity index (χ3v) is 8.76. The summed E-state index contributed by atoms with van der Waals surface area (Å²) in [4.78, 5) is 32.0. The molecule has 1 fully saturated rings. The molecule has 0 aliphatic heterocycles. The summed E-state index contributed by atoms with van der Waals surface area (Å²) >= 11 is 1.51. The van der Waals surface area contributed by atoms with E-state index in [9.17, 15) is 19.8 Å². The SMILES string of the molecule is CCc1cc2c(=O)n(CC(=O)NC[C@@]3(C)CC[C@@H](C)C[C@H](O)[C@H](O)[C@@H](c4ccccc4)C3)cnc2s1. The van der Waals surface area contributed by atoms with Crippen LogP contribution in [0.4, 0.5) is 0 Å². The predicted octanol–water partition coefficient (Wildman–Crippen LogP) is 3.86. The lowest BCUT2D eigenvalue weighted by Gasteiger charge is -2.36. The van der Waals surface area contributed by atoms with Gasteiger partial charge in [0.15, 0.2) is 0 Å². The molecule has 2 heterocycles. The van der Waals surface area contributed by atoms with Crippen LogP contribution in [0.5, 0.6) is 0 Å². The van der Waals surface area contributed by atoms with Crippen LogP contribution in [-0.4, -0.2) is 44.4 Å². The summed E-state index contributed by atoms with van der Waals surface area (Å²) in [6.07, 6.45) is 3.56. The number of nitrogens with zero attached hydrogens (tertiary/aromatic N) is 2. The van der Waals surface area contributed by atoms with E-state index in [-0.39, 0.29) is 35.3 Å². The van der Waals surface area contributed by atoms with Gasteiger partial charge in [0.2, 0.25) is 5.91 Å². The molecule has 194 valence electrons. The Morgan fingerprint density at radius 2 is 2.03 bits per heavy atom. The van der Waals surface area contributed by atoms with Crippen LogP contribution in [0.25, 0.3) is 10.2 Å². The highest BCUT2D eigenvalue weighted by atomic mass is 32.1. The van der Waals surface area contributed by atoms with Crippen LogP contribution < -0.4 is 10.9 Å². The third-order valence-electron chi connectivity index (χ3n) is 7.58. The van der Waals surface area contributed by atoms with E-state index in [1.54, 1.807) is 0 Å². The Kier molecular flexibility index (Phi) is 8.27. The first kappa shape index (κ1) is 26.5. The molecule has 1 saturated carbocycles. The second kappa shape index (κ2) is 11.2. The van der Waals surface area contributed by atoms with Crippen molar-refractivity contribution >= 4 is 27.5 Å². The fraction of sp³-hybridized carbons (Fsp3) is 0.536. The minimum absolute atomic E-state index is 0.0883. The predicted molar refractivity (Wildman–Crippen MR) is 143 cm³/mol. The normalized spacial score (nSPS) is 27.2. The Morgan fingerprint density at radius 3 is 2.75 bits per heavy atom. The van der Waals surface area contributed by atoms with Gasteiger partial charge in [0, 0.05) is 17.3 Å². The molecule has 1 aromatic carbocycles. The zero-order valence-corrected chi connectivity index (χ0v) is 22.1. The number of amides is 1. The maximum Gasteiger partial charge on any atom is 0.262 e. The number of hydrogen-bond donors (Lipinski definition) is 3. The number of aryl methyl sites for hydroxylation is 1. The Morgan fingerprint density at radius 1 is 1.28 bits per heavy atom. The lowest BCUT2D eigenvalue weighted by molar-refractivity contribution is -0.122. The van der Waals surface area contributed by atoms with Gasteiger partial charge >= 0.3 is 0 Å². The molecule has 3 aromatic rings. The molecule has 1 aliphatic rings. The summed E-state index contributed by atoms with van der Waals surface area (Å²) in [5.41, 5.74) is 0.505. The van der Waals surface area contributed by atoms with E-state index in [4.69, 9.17) is 0 Å². The van der Waals surface area contributed by atoms with Gasteiger partial charge in [0.05, 0.1) is 23.9 Å². The maximum absolute atomic E-state index is 12.9. The fourth-order valence-electron chi connectivity index (χ4n) is 5.28. The zero-order chi connectivity index (χ0) is 25.9. The molecular weight excluding hydrogens is 474 g/mol. The quantitative estimate of drug-likeness (QED) is 0.466. The van der Waals surface area contributed by atoms with Crippen molar-refractivity contribution < 1.29 is 15.0 Å². The Hall–Kier alpha value is -2.55. The molecule has 5 atom stereocenters. The van der Waals surface area contributed by atoms with Crippen molar-refractivity contribution in [3.8, 4) is 0 Å². The standard InChI is InChI=1S/C28H37N3O4S/c1-4-20-13-21-26(36-20)30-17-31(27(21)35)15-24(33)29-16-28(3)11-10-18(2)12-23(32)25(34)22(14-28)19-8-6-5-7-9-19/h5-9,13,17-18,22-23,25,32,34H,4,10-12,14-16H2,1-3H3,(H,29,33)/t18-,22-,23+,25-,28+/m1/s1. The van der Waals surface area contributed by atoms with E-state index in [1.807, 2.05) is 43.3 Å². The Balaban J connectivity index is 1.50. The summed E-state index contributed by atoms with van der Waals surface area (Å²) in [5.74, 6) is -0.224. The maximum atomic E-state index is 12.9. The molecule has 1 amide bonds. The first-order valence-electron chi connectivity index (χ1n) is 12.8. The lowest BCUT2D eigenvalue weighted by Crippen LogP contribution is -2.41. The number of aliphatic hydroxyl groups excluding tert-OH is 2. The summed E-state index contributed by atoms with van der Waals surface area (Å²) < 4.78 is 1.37. The van der Waals surface area contributed by atoms with Crippen molar-refractivity contribution in [3.05, 3.63) is 63.5 Å². The summed E-state index contributed by atoms with van der Waals surface area (Å²) in [6.45, 7) is 6.61. The topological polar surface area (TPSA) is 104 Å². The number of nitrogens with one attached hydrogen (secondary N) is 1. The molecule has 2 aromatic heterocycles. The molecule has 0 bridgehead atoms. The van der Waals surface area contributed by atoms with Crippen molar-refractivity contribution in [2.75, 3.05) is 6.54 Å². The van der Waals surface area contributed by atoms with Gasteiger partial charge in [-0.2, -0.15) is 0 Å². The Labute approximate surface area is 216 Å². The number of carbonyl (C=O) groups excluding carboxylic acids is 1. The van der Waals surface area contributed by atoms with Crippen LogP contribution in [0.3, 0.4) is 0 Å². The van der Waals surface area contributed by atoms with Gasteiger partial charge in [-0.05, 0) is 48.6 Å². The number of carbonyl (C=O) groups is 1. The molecule has 0 unspecified atom stereocenters. The smallest absolute Gasteiger partial charge is 0.262 e. The van der Waals surface area contributed by atoms with Crippen LogP contribution in [-0.2, 0) is 17.8 Å². The molecule has 4 rings (SSSR count). The minimum atomic E-state index is -0.877. The van der Waals surface area contributed by atoms with E-state index in [0.717, 1.165) is 29.7 Å². The summed E-state index contributed by atoms with van der Waals surface area (Å²) in [7, 11) is 0. The van der Waals surface area contributed by atoms with Crippen LogP contribution in [0.2, 0.25) is 0 Å². The van der Waals surface area contributed by atoms with E-state index >= 15 is 0 Å². The van der Waals surface area contributed by atoms with Gasteiger partial charge in [0.25, 0.3) is 5.56 Å². The van der Waals surface area contributed by atoms with E-state index in [1.165, 1.54) is 22.2 Å². The van der Waals surface area contributed by atoms with Gasteiger partial charge < -0.3 is 15.5 Å². The number of thiophene rings is 1. The number of aliphatic hydroxyl groups is 2. The molecule has 36 heavy (non-hydrogen) atoms.